The molecule has 1 aliphatic heterocycles. The zero-order valence-electron chi connectivity index (χ0n) is 21.8. The topological polar surface area (TPSA) is 84.3 Å². The molecule has 8 nitrogen and oxygen atoms in total. The van der Waals surface area contributed by atoms with E-state index in [1.807, 2.05) is 87.8 Å². The number of rotatable bonds is 6. The Kier molecular flexibility index (Phi) is 6.86. The first-order valence-electron chi connectivity index (χ1n) is 12.4. The molecular weight excluding hydrogens is 496 g/mol. The number of nitrogens with one attached hydrogen (secondary N) is 2. The molecule has 0 radical (unpaired) electrons. The van der Waals surface area contributed by atoms with Crippen LogP contribution in [0.3, 0.4) is 0 Å². The summed E-state index contributed by atoms with van der Waals surface area (Å²) < 4.78 is 7.81. The van der Waals surface area contributed by atoms with Crippen molar-refractivity contribution in [2.75, 3.05) is 17.3 Å². The van der Waals surface area contributed by atoms with Gasteiger partial charge in [-0.2, -0.15) is 0 Å². The quantitative estimate of drug-likeness (QED) is 0.324. The molecule has 38 heavy (non-hydrogen) atoms. The summed E-state index contributed by atoms with van der Waals surface area (Å²) in [7, 11) is 1.59. The smallest absolute Gasteiger partial charge is 0.229 e. The summed E-state index contributed by atoms with van der Waals surface area (Å²) in [6, 6.07) is 19.2. The number of methoxy groups -OCH3 is 1. The number of amides is 1. The van der Waals surface area contributed by atoms with Gasteiger partial charge in [-0.15, -0.1) is 0 Å². The molecule has 0 bridgehead atoms. The number of aromatic nitrogens is 3. The van der Waals surface area contributed by atoms with Crippen LogP contribution in [-0.2, 0) is 4.79 Å². The Morgan fingerprint density at radius 2 is 1.89 bits per heavy atom. The van der Waals surface area contributed by atoms with E-state index in [2.05, 4.69) is 36.1 Å². The van der Waals surface area contributed by atoms with Crippen molar-refractivity contribution in [2.45, 2.75) is 32.9 Å². The minimum Gasteiger partial charge on any atom is -0.494 e. The van der Waals surface area contributed by atoms with Gasteiger partial charge in [-0.25, -0.2) is 0 Å². The van der Waals surface area contributed by atoms with Crippen molar-refractivity contribution in [3.05, 3.63) is 96.8 Å². The van der Waals surface area contributed by atoms with Gasteiger partial charge in [-0.05, 0) is 60.7 Å². The molecule has 2 atom stereocenters. The van der Waals surface area contributed by atoms with E-state index in [-0.39, 0.29) is 18.0 Å². The highest BCUT2D eigenvalue weighted by Crippen LogP contribution is 2.44. The summed E-state index contributed by atoms with van der Waals surface area (Å²) in [5.74, 6) is 0.454. The van der Waals surface area contributed by atoms with E-state index in [1.165, 1.54) is 0 Å². The van der Waals surface area contributed by atoms with E-state index in [0.717, 1.165) is 22.8 Å². The van der Waals surface area contributed by atoms with Crippen molar-refractivity contribution in [1.82, 2.24) is 19.9 Å². The standard InChI is InChI=1S/C29H30N6O2S/c1-29(2,3)27(36)32-21-13-12-19(17-24(21)37-4)35-26(25(33-28(35)38)22-10-5-6-15-31-22)23-11-8-16-34(23)20-9-7-14-30-18-20/h5-18,25-26H,1-4H3,(H,32,36)(H,33,38)/t25-,26-/m0/s1. The SMILES string of the molecule is COc1cc(N2C(=S)N[C@@H](c3ccccn3)[C@@H]2c2cccn2-c2cccnc2)ccc1NC(=O)C(C)(C)C. The van der Waals surface area contributed by atoms with E-state index < -0.39 is 5.41 Å². The average Bonchev–Trinajstić information content (AvgIpc) is 3.53. The van der Waals surface area contributed by atoms with Gasteiger partial charge in [0.15, 0.2) is 5.11 Å². The van der Waals surface area contributed by atoms with Crippen molar-refractivity contribution >= 4 is 34.6 Å². The molecule has 0 spiro atoms. The number of nitrogens with zero attached hydrogens (tertiary/aromatic N) is 4. The van der Waals surface area contributed by atoms with Crippen molar-refractivity contribution in [3.63, 3.8) is 0 Å². The average molecular weight is 527 g/mol. The second kappa shape index (κ2) is 10.3. The van der Waals surface area contributed by atoms with Gasteiger partial charge in [0.2, 0.25) is 5.91 Å². The fourth-order valence-electron chi connectivity index (χ4n) is 4.54. The predicted octanol–water partition coefficient (Wildman–Crippen LogP) is 5.44. The Balaban J connectivity index is 1.60. The number of anilines is 2. The summed E-state index contributed by atoms with van der Waals surface area (Å²) in [6.07, 6.45) is 7.40. The van der Waals surface area contributed by atoms with Crippen LogP contribution < -0.4 is 20.3 Å². The lowest BCUT2D eigenvalue weighted by Gasteiger charge is -2.29. The number of hydrogen-bond acceptors (Lipinski definition) is 5. The summed E-state index contributed by atoms with van der Waals surface area (Å²) in [5, 5.41) is 7.05. The predicted molar refractivity (Wildman–Crippen MR) is 153 cm³/mol. The first-order valence-corrected chi connectivity index (χ1v) is 12.8. The molecule has 1 fully saturated rings. The molecule has 9 heteroatoms. The molecule has 1 amide bonds. The van der Waals surface area contributed by atoms with Gasteiger partial charge in [0, 0.05) is 41.5 Å². The van der Waals surface area contributed by atoms with E-state index in [9.17, 15) is 4.79 Å². The van der Waals surface area contributed by atoms with Crippen molar-refractivity contribution in [3.8, 4) is 11.4 Å². The maximum Gasteiger partial charge on any atom is 0.229 e. The maximum atomic E-state index is 12.7. The molecule has 1 saturated heterocycles. The molecule has 1 aromatic carbocycles. The second-order valence-electron chi connectivity index (χ2n) is 10.1. The van der Waals surface area contributed by atoms with Gasteiger partial charge in [0.05, 0.1) is 36.4 Å². The number of ether oxygens (including phenoxy) is 1. The van der Waals surface area contributed by atoms with Crippen molar-refractivity contribution < 1.29 is 9.53 Å². The summed E-state index contributed by atoms with van der Waals surface area (Å²) in [6.45, 7) is 5.62. The Morgan fingerprint density at radius 1 is 1.05 bits per heavy atom. The summed E-state index contributed by atoms with van der Waals surface area (Å²) >= 11 is 5.90. The minimum absolute atomic E-state index is 0.0932. The van der Waals surface area contributed by atoms with Crippen LogP contribution in [0.25, 0.3) is 5.69 Å². The number of carbonyl (C=O) groups is 1. The van der Waals surface area contributed by atoms with Crippen molar-refractivity contribution in [2.24, 2.45) is 5.41 Å². The van der Waals surface area contributed by atoms with Crippen LogP contribution in [-0.4, -0.2) is 32.7 Å². The van der Waals surface area contributed by atoms with Crippen LogP contribution in [0.5, 0.6) is 5.75 Å². The maximum absolute atomic E-state index is 12.7. The molecule has 5 rings (SSSR count). The van der Waals surface area contributed by atoms with Gasteiger partial charge in [0.1, 0.15) is 11.8 Å². The van der Waals surface area contributed by atoms with Crippen LogP contribution >= 0.6 is 12.2 Å². The molecule has 4 heterocycles. The monoisotopic (exact) mass is 526 g/mol. The lowest BCUT2D eigenvalue weighted by atomic mass is 9.95. The summed E-state index contributed by atoms with van der Waals surface area (Å²) in [5.41, 5.74) is 3.74. The third-order valence-corrected chi connectivity index (χ3v) is 6.81. The second-order valence-corrected chi connectivity index (χ2v) is 10.5. The van der Waals surface area contributed by atoms with E-state index in [0.29, 0.717) is 16.5 Å². The molecule has 4 aromatic rings. The van der Waals surface area contributed by atoms with Gasteiger partial charge < -0.3 is 24.8 Å². The number of carbonyl (C=O) groups excluding carboxylic acids is 1. The van der Waals surface area contributed by atoms with Crippen LogP contribution in [0, 0.1) is 5.41 Å². The Labute approximate surface area is 227 Å². The Morgan fingerprint density at radius 3 is 2.58 bits per heavy atom. The van der Waals surface area contributed by atoms with E-state index in [1.54, 1.807) is 19.5 Å². The highest BCUT2D eigenvalue weighted by Gasteiger charge is 2.42. The third kappa shape index (κ3) is 4.84. The summed E-state index contributed by atoms with van der Waals surface area (Å²) in [4.78, 5) is 23.7. The number of benzene rings is 1. The Hall–Kier alpha value is -4.24. The lowest BCUT2D eigenvalue weighted by Crippen LogP contribution is -2.30. The fourth-order valence-corrected chi connectivity index (χ4v) is 4.89. The highest BCUT2D eigenvalue weighted by molar-refractivity contribution is 7.80. The van der Waals surface area contributed by atoms with Crippen LogP contribution in [0.1, 0.15) is 44.2 Å². The van der Waals surface area contributed by atoms with Crippen molar-refractivity contribution in [1.29, 1.82) is 0 Å². The molecular formula is C29H30N6O2S. The van der Waals surface area contributed by atoms with E-state index >= 15 is 0 Å². The molecule has 0 saturated carbocycles. The van der Waals surface area contributed by atoms with Gasteiger partial charge in [-0.1, -0.05) is 26.8 Å². The first-order chi connectivity index (χ1) is 18.3. The minimum atomic E-state index is -0.539. The van der Waals surface area contributed by atoms with Gasteiger partial charge >= 0.3 is 0 Å². The number of pyridine rings is 2. The van der Waals surface area contributed by atoms with Crippen LogP contribution in [0.4, 0.5) is 11.4 Å². The van der Waals surface area contributed by atoms with E-state index in [4.69, 9.17) is 17.0 Å². The van der Waals surface area contributed by atoms with Crippen LogP contribution in [0.15, 0.2) is 85.5 Å². The zero-order valence-corrected chi connectivity index (χ0v) is 22.6. The molecule has 1 aliphatic rings. The normalized spacial score (nSPS) is 17.3. The van der Waals surface area contributed by atoms with Gasteiger partial charge in [0.25, 0.3) is 0 Å². The Bertz CT molecular complexity index is 1450. The molecule has 194 valence electrons. The fraction of sp³-hybridized carbons (Fsp3) is 0.241. The highest BCUT2D eigenvalue weighted by atomic mass is 32.1. The third-order valence-electron chi connectivity index (χ3n) is 6.50. The zero-order chi connectivity index (χ0) is 26.9. The first kappa shape index (κ1) is 25.4. The number of hydrogen-bond donors (Lipinski definition) is 2. The number of thiocarbonyl (C=S) groups is 1. The molecule has 2 N–H and O–H groups in total. The lowest BCUT2D eigenvalue weighted by molar-refractivity contribution is -0.123. The van der Waals surface area contributed by atoms with Crippen LogP contribution in [0.2, 0.25) is 0 Å². The molecule has 0 unspecified atom stereocenters. The molecule has 0 aliphatic carbocycles. The van der Waals surface area contributed by atoms with Gasteiger partial charge in [-0.3, -0.25) is 14.8 Å². The molecule has 3 aromatic heterocycles. The largest absolute Gasteiger partial charge is 0.494 e.